The van der Waals surface area contributed by atoms with Gasteiger partial charge in [-0.3, -0.25) is 9.89 Å². The van der Waals surface area contributed by atoms with Gasteiger partial charge in [-0.05, 0) is 72.6 Å². The molecule has 1 saturated heterocycles. The van der Waals surface area contributed by atoms with Crippen LogP contribution >= 0.6 is 0 Å². The van der Waals surface area contributed by atoms with Gasteiger partial charge in [-0.1, -0.05) is 30.3 Å². The smallest absolute Gasteiger partial charge is 0.235 e. The molecule has 7 nitrogen and oxygen atoms in total. The summed E-state index contributed by atoms with van der Waals surface area (Å²) in [6, 6.07) is 21.0. The Kier molecular flexibility index (Phi) is 5.30. The number of fused-ring (bicyclic) bond motifs is 3. The van der Waals surface area contributed by atoms with Crippen molar-refractivity contribution in [3.8, 4) is 5.75 Å². The Morgan fingerprint density at radius 1 is 1.00 bits per heavy atom. The first kappa shape index (κ1) is 23.0. The van der Waals surface area contributed by atoms with E-state index < -0.39 is 5.41 Å². The largest absolute Gasteiger partial charge is 0.497 e. The van der Waals surface area contributed by atoms with Gasteiger partial charge in [0, 0.05) is 48.9 Å². The zero-order chi connectivity index (χ0) is 25.9. The predicted octanol–water partition coefficient (Wildman–Crippen LogP) is 4.87. The first-order valence-corrected chi connectivity index (χ1v) is 13.2. The second-order valence-corrected chi connectivity index (χ2v) is 10.7. The van der Waals surface area contributed by atoms with E-state index in [0.717, 1.165) is 77.3 Å². The van der Waals surface area contributed by atoms with E-state index in [1.165, 1.54) is 5.69 Å². The second-order valence-electron chi connectivity index (χ2n) is 10.7. The summed E-state index contributed by atoms with van der Waals surface area (Å²) in [4.78, 5) is 17.8. The van der Waals surface area contributed by atoms with E-state index in [1.807, 2.05) is 18.2 Å². The van der Waals surface area contributed by atoms with Gasteiger partial charge in [0.2, 0.25) is 5.91 Å². The van der Waals surface area contributed by atoms with Crippen LogP contribution in [0, 0.1) is 0 Å². The number of hydrogen-bond acceptors (Lipinski definition) is 5. The molecule has 2 fully saturated rings. The zero-order valence-corrected chi connectivity index (χ0v) is 21.7. The molecule has 4 aromatic rings. The molecule has 2 N–H and O–H groups in total. The summed E-state index contributed by atoms with van der Waals surface area (Å²) in [5, 5.41) is 11.9. The molecule has 0 radical (unpaired) electrons. The zero-order valence-electron chi connectivity index (χ0n) is 21.7. The van der Waals surface area contributed by atoms with Crippen LogP contribution in [0.25, 0.3) is 23.1 Å². The minimum absolute atomic E-state index is 0.0812. The lowest BCUT2D eigenvalue weighted by Gasteiger charge is -2.34. The Morgan fingerprint density at radius 3 is 2.61 bits per heavy atom. The number of anilines is 2. The van der Waals surface area contributed by atoms with Gasteiger partial charge in [0.1, 0.15) is 5.75 Å². The lowest BCUT2D eigenvalue weighted by atomic mass is 9.91. The number of likely N-dealkylation sites (N-methyl/N-ethyl adjacent to an activating group) is 1. The highest BCUT2D eigenvalue weighted by molar-refractivity contribution is 6.10. The van der Waals surface area contributed by atoms with E-state index >= 15 is 0 Å². The van der Waals surface area contributed by atoms with Crippen LogP contribution in [0.5, 0.6) is 5.75 Å². The van der Waals surface area contributed by atoms with Crippen LogP contribution in [0.2, 0.25) is 0 Å². The third-order valence-electron chi connectivity index (χ3n) is 8.54. The molecule has 7 rings (SSSR count). The van der Waals surface area contributed by atoms with Crippen LogP contribution in [-0.2, 0) is 10.2 Å². The number of methoxy groups -OCH3 is 1. The lowest BCUT2D eigenvalue weighted by Crippen LogP contribution is -2.44. The highest BCUT2D eigenvalue weighted by atomic mass is 16.5. The molecular weight excluding hydrogens is 474 g/mol. The molecule has 2 aliphatic heterocycles. The van der Waals surface area contributed by atoms with Crippen molar-refractivity contribution in [2.24, 2.45) is 0 Å². The maximum atomic E-state index is 13.0. The summed E-state index contributed by atoms with van der Waals surface area (Å²) in [6.45, 7) is 4.35. The second kappa shape index (κ2) is 8.74. The van der Waals surface area contributed by atoms with Crippen LogP contribution < -0.4 is 15.0 Å². The number of benzene rings is 3. The van der Waals surface area contributed by atoms with Gasteiger partial charge in [0.15, 0.2) is 0 Å². The monoisotopic (exact) mass is 505 g/mol. The number of hydrogen-bond donors (Lipinski definition) is 2. The number of carbonyl (C=O) groups excluding carboxylic acids is 1. The minimum Gasteiger partial charge on any atom is -0.497 e. The number of carbonyl (C=O) groups is 1. The molecular formula is C31H31N5O2. The van der Waals surface area contributed by atoms with Crippen LogP contribution in [0.3, 0.4) is 0 Å². The SMILES string of the molecule is COc1ccc2c(c1)C1(C[C@H]1c1ccc3c(/C=C/c4ccc(N5CCN(C)CC5)cc4)n[nH]c3c1)C(=O)N2. The van der Waals surface area contributed by atoms with Gasteiger partial charge in [-0.15, -0.1) is 0 Å². The summed E-state index contributed by atoms with van der Waals surface area (Å²) in [5.74, 6) is 0.999. The Labute approximate surface area is 222 Å². The number of ether oxygens (including phenoxy) is 1. The lowest BCUT2D eigenvalue weighted by molar-refractivity contribution is -0.118. The number of amides is 1. The van der Waals surface area contributed by atoms with Gasteiger partial charge in [0.05, 0.1) is 23.7 Å². The maximum Gasteiger partial charge on any atom is 0.235 e. The van der Waals surface area contributed by atoms with E-state index in [2.05, 4.69) is 87.0 Å². The molecule has 1 aliphatic carbocycles. The summed E-state index contributed by atoms with van der Waals surface area (Å²) >= 11 is 0. The molecule has 3 aromatic carbocycles. The summed E-state index contributed by atoms with van der Waals surface area (Å²) in [5.41, 5.74) is 6.91. The number of aromatic amines is 1. The quantitative estimate of drug-likeness (QED) is 0.405. The van der Waals surface area contributed by atoms with Crippen molar-refractivity contribution in [3.63, 3.8) is 0 Å². The van der Waals surface area contributed by atoms with E-state index in [4.69, 9.17) is 4.74 Å². The molecule has 7 heteroatoms. The van der Waals surface area contributed by atoms with Crippen molar-refractivity contribution in [1.29, 1.82) is 0 Å². The van der Waals surface area contributed by atoms with Crippen molar-refractivity contribution >= 4 is 40.3 Å². The molecule has 2 atom stereocenters. The maximum absolute atomic E-state index is 13.0. The molecule has 38 heavy (non-hydrogen) atoms. The third kappa shape index (κ3) is 3.69. The molecule has 192 valence electrons. The number of rotatable bonds is 5. The molecule has 1 unspecified atom stereocenters. The minimum atomic E-state index is -0.503. The molecule has 3 heterocycles. The molecule has 0 bridgehead atoms. The first-order valence-electron chi connectivity index (χ1n) is 13.2. The fraction of sp³-hybridized carbons (Fsp3) is 0.290. The topological polar surface area (TPSA) is 73.5 Å². The predicted molar refractivity (Wildman–Crippen MR) is 152 cm³/mol. The van der Waals surface area contributed by atoms with Gasteiger partial charge >= 0.3 is 0 Å². The average molecular weight is 506 g/mol. The van der Waals surface area contributed by atoms with Crippen molar-refractivity contribution in [2.75, 3.05) is 50.6 Å². The number of aromatic nitrogens is 2. The summed E-state index contributed by atoms with van der Waals surface area (Å²) in [6.07, 6.45) is 4.98. The summed E-state index contributed by atoms with van der Waals surface area (Å²) in [7, 11) is 3.84. The highest BCUT2D eigenvalue weighted by Crippen LogP contribution is 2.65. The number of H-pyrrole nitrogens is 1. The average Bonchev–Trinajstić information content (AvgIpc) is 3.49. The third-order valence-corrected chi connectivity index (χ3v) is 8.54. The Balaban J connectivity index is 1.09. The number of nitrogens with one attached hydrogen (secondary N) is 2. The van der Waals surface area contributed by atoms with Gasteiger partial charge < -0.3 is 19.9 Å². The van der Waals surface area contributed by atoms with Crippen molar-refractivity contribution < 1.29 is 9.53 Å². The van der Waals surface area contributed by atoms with Crippen LogP contribution in [0.4, 0.5) is 11.4 Å². The Bertz CT molecular complexity index is 1570. The van der Waals surface area contributed by atoms with Crippen LogP contribution in [0.15, 0.2) is 60.7 Å². The standard InChI is InChI=1S/C31H31N5O2/c1-35-13-15-36(16-14-35)22-7-3-20(4-8-22)5-11-27-24-10-6-21(17-29(24)34-33-27)26-19-31(26)25-18-23(38-2)9-12-28(25)32-30(31)37/h3-12,17-18,26H,13-16,19H2,1-2H3,(H,32,37)(H,33,34)/b11-5+/t26-,31?/m0/s1. The molecule has 1 aromatic heterocycles. The van der Waals surface area contributed by atoms with E-state index in [9.17, 15) is 4.79 Å². The first-order chi connectivity index (χ1) is 18.5. The van der Waals surface area contributed by atoms with Gasteiger partial charge in [0.25, 0.3) is 0 Å². The number of nitrogens with zero attached hydrogens (tertiary/aromatic N) is 3. The van der Waals surface area contributed by atoms with E-state index in [0.29, 0.717) is 0 Å². The van der Waals surface area contributed by atoms with E-state index in [1.54, 1.807) is 7.11 Å². The Hall–Kier alpha value is -4.10. The van der Waals surface area contributed by atoms with Crippen molar-refractivity contribution in [1.82, 2.24) is 15.1 Å². The fourth-order valence-electron chi connectivity index (χ4n) is 6.14. The van der Waals surface area contributed by atoms with Gasteiger partial charge in [-0.2, -0.15) is 5.10 Å². The van der Waals surface area contributed by atoms with Crippen molar-refractivity contribution in [2.45, 2.75) is 17.8 Å². The molecule has 1 spiro atoms. The molecule has 3 aliphatic rings. The highest BCUT2D eigenvalue weighted by Gasteiger charge is 2.65. The Morgan fingerprint density at radius 2 is 1.82 bits per heavy atom. The summed E-state index contributed by atoms with van der Waals surface area (Å²) < 4.78 is 5.43. The van der Waals surface area contributed by atoms with Crippen LogP contribution in [-0.4, -0.2) is 61.3 Å². The molecule has 1 amide bonds. The normalized spacial score (nSPS) is 22.8. The van der Waals surface area contributed by atoms with Crippen LogP contribution in [0.1, 0.15) is 34.7 Å². The molecule has 1 saturated carbocycles. The van der Waals surface area contributed by atoms with Crippen molar-refractivity contribution in [3.05, 3.63) is 83.0 Å². The fourth-order valence-corrected chi connectivity index (χ4v) is 6.14. The number of piperazine rings is 1. The van der Waals surface area contributed by atoms with E-state index in [-0.39, 0.29) is 11.8 Å². The van der Waals surface area contributed by atoms with Gasteiger partial charge in [-0.25, -0.2) is 0 Å².